The predicted octanol–water partition coefficient (Wildman–Crippen LogP) is 3.99. The van der Waals surface area contributed by atoms with Gasteiger partial charge in [-0.25, -0.2) is 4.98 Å². The molecule has 0 N–H and O–H groups in total. The van der Waals surface area contributed by atoms with Crippen molar-refractivity contribution < 1.29 is 0 Å². The van der Waals surface area contributed by atoms with Gasteiger partial charge in [-0.15, -0.1) is 11.3 Å². The van der Waals surface area contributed by atoms with Gasteiger partial charge >= 0.3 is 0 Å². The number of aromatic nitrogens is 2. The van der Waals surface area contributed by atoms with Crippen molar-refractivity contribution in [2.24, 2.45) is 0 Å². The van der Waals surface area contributed by atoms with Gasteiger partial charge in [0.15, 0.2) is 0 Å². The fourth-order valence-electron chi connectivity index (χ4n) is 2.23. The fourth-order valence-corrected chi connectivity index (χ4v) is 3.15. The number of thiophene rings is 1. The van der Waals surface area contributed by atoms with Gasteiger partial charge in [0, 0.05) is 11.4 Å². The Morgan fingerprint density at radius 3 is 2.74 bits per heavy atom. The number of fused-ring (bicyclic) bond motifs is 1. The molecule has 19 heavy (non-hydrogen) atoms. The third-order valence-corrected chi connectivity index (χ3v) is 4.61. The fraction of sp³-hybridized carbons (Fsp3) is 0.600. The van der Waals surface area contributed by atoms with E-state index in [0.29, 0.717) is 0 Å². The zero-order chi connectivity index (χ0) is 13.7. The SMILES string of the molecule is CCCCCCCn1cnc2sc(CC)cc2c1=O. The third-order valence-electron chi connectivity index (χ3n) is 3.42. The highest BCUT2D eigenvalue weighted by atomic mass is 32.1. The monoisotopic (exact) mass is 278 g/mol. The molecule has 0 amide bonds. The number of rotatable bonds is 7. The Kier molecular flexibility index (Phi) is 5.14. The van der Waals surface area contributed by atoms with Crippen molar-refractivity contribution >= 4 is 21.6 Å². The summed E-state index contributed by atoms with van der Waals surface area (Å²) < 4.78 is 1.76. The van der Waals surface area contributed by atoms with Gasteiger partial charge in [0.25, 0.3) is 5.56 Å². The summed E-state index contributed by atoms with van der Waals surface area (Å²) in [6, 6.07) is 2.00. The molecule has 0 unspecified atom stereocenters. The van der Waals surface area contributed by atoms with Crippen LogP contribution >= 0.6 is 11.3 Å². The summed E-state index contributed by atoms with van der Waals surface area (Å²) in [5, 5.41) is 0.790. The molecule has 0 saturated heterocycles. The zero-order valence-corrected chi connectivity index (χ0v) is 12.6. The van der Waals surface area contributed by atoms with E-state index >= 15 is 0 Å². The molecule has 0 aromatic carbocycles. The Bertz CT molecular complexity index is 585. The van der Waals surface area contributed by atoms with E-state index in [2.05, 4.69) is 18.8 Å². The van der Waals surface area contributed by atoms with Crippen molar-refractivity contribution in [1.82, 2.24) is 9.55 Å². The van der Waals surface area contributed by atoms with Crippen LogP contribution in [0.5, 0.6) is 0 Å². The first-order valence-corrected chi connectivity index (χ1v) is 8.05. The maximum atomic E-state index is 12.3. The van der Waals surface area contributed by atoms with E-state index in [9.17, 15) is 4.79 Å². The summed E-state index contributed by atoms with van der Waals surface area (Å²) in [4.78, 5) is 18.8. The van der Waals surface area contributed by atoms with Crippen LogP contribution in [0.2, 0.25) is 0 Å². The summed E-state index contributed by atoms with van der Waals surface area (Å²) in [6.45, 7) is 5.12. The lowest BCUT2D eigenvalue weighted by Gasteiger charge is -2.04. The topological polar surface area (TPSA) is 34.9 Å². The molecule has 2 aromatic rings. The number of nitrogens with zero attached hydrogens (tertiary/aromatic N) is 2. The second-order valence-electron chi connectivity index (χ2n) is 4.94. The van der Waals surface area contributed by atoms with Crippen LogP contribution < -0.4 is 5.56 Å². The van der Waals surface area contributed by atoms with Crippen LogP contribution in [0.4, 0.5) is 0 Å². The molecule has 0 radical (unpaired) electrons. The molecular formula is C15H22N2OS. The van der Waals surface area contributed by atoms with E-state index in [1.54, 1.807) is 22.2 Å². The van der Waals surface area contributed by atoms with E-state index in [0.717, 1.165) is 29.6 Å². The Morgan fingerprint density at radius 1 is 1.21 bits per heavy atom. The molecule has 0 spiro atoms. The van der Waals surface area contributed by atoms with Gasteiger partial charge in [0.05, 0.1) is 11.7 Å². The van der Waals surface area contributed by atoms with Gasteiger partial charge in [-0.3, -0.25) is 9.36 Å². The van der Waals surface area contributed by atoms with Crippen LogP contribution in [0.25, 0.3) is 10.2 Å². The molecule has 104 valence electrons. The second kappa shape index (κ2) is 6.85. The molecule has 4 heteroatoms. The maximum Gasteiger partial charge on any atom is 0.262 e. The molecule has 3 nitrogen and oxygen atoms in total. The molecule has 0 bridgehead atoms. The van der Waals surface area contributed by atoms with Crippen molar-refractivity contribution in [3.8, 4) is 0 Å². The first kappa shape index (κ1) is 14.3. The van der Waals surface area contributed by atoms with Crippen LogP contribution in [0.1, 0.15) is 50.8 Å². The third kappa shape index (κ3) is 3.44. The first-order chi connectivity index (χ1) is 9.26. The highest BCUT2D eigenvalue weighted by Crippen LogP contribution is 2.21. The lowest BCUT2D eigenvalue weighted by molar-refractivity contribution is 0.556. The van der Waals surface area contributed by atoms with Crippen molar-refractivity contribution in [3.63, 3.8) is 0 Å². The van der Waals surface area contributed by atoms with E-state index < -0.39 is 0 Å². The average Bonchev–Trinajstić information content (AvgIpc) is 2.85. The number of aryl methyl sites for hydroxylation is 2. The van der Waals surface area contributed by atoms with Gasteiger partial charge in [-0.1, -0.05) is 39.5 Å². The minimum Gasteiger partial charge on any atom is -0.299 e. The lowest BCUT2D eigenvalue weighted by atomic mass is 10.1. The largest absolute Gasteiger partial charge is 0.299 e. The highest BCUT2D eigenvalue weighted by Gasteiger charge is 2.07. The van der Waals surface area contributed by atoms with Crippen LogP contribution in [0, 0.1) is 0 Å². The molecule has 2 rings (SSSR count). The molecule has 0 aliphatic heterocycles. The summed E-state index contributed by atoms with van der Waals surface area (Å²) in [6.07, 6.45) is 8.75. The minimum absolute atomic E-state index is 0.122. The molecule has 0 aliphatic carbocycles. The normalized spacial score (nSPS) is 11.3. The van der Waals surface area contributed by atoms with Crippen molar-refractivity contribution in [2.75, 3.05) is 0 Å². The molecule has 2 heterocycles. The Morgan fingerprint density at radius 2 is 2.00 bits per heavy atom. The number of hydrogen-bond donors (Lipinski definition) is 0. The zero-order valence-electron chi connectivity index (χ0n) is 11.8. The summed E-state index contributed by atoms with van der Waals surface area (Å²) in [5.41, 5.74) is 0.122. The molecule has 0 fully saturated rings. The summed E-state index contributed by atoms with van der Waals surface area (Å²) >= 11 is 1.63. The lowest BCUT2D eigenvalue weighted by Crippen LogP contribution is -2.19. The smallest absolute Gasteiger partial charge is 0.262 e. The molecular weight excluding hydrogens is 256 g/mol. The first-order valence-electron chi connectivity index (χ1n) is 7.24. The van der Waals surface area contributed by atoms with Crippen LogP contribution in [-0.2, 0) is 13.0 Å². The van der Waals surface area contributed by atoms with Gasteiger partial charge in [0.2, 0.25) is 0 Å². The van der Waals surface area contributed by atoms with Crippen LogP contribution in [0.15, 0.2) is 17.2 Å². The number of unbranched alkanes of at least 4 members (excludes halogenated alkanes) is 4. The minimum atomic E-state index is 0.122. The molecule has 2 aromatic heterocycles. The Labute approximate surface area is 118 Å². The Hall–Kier alpha value is -1.16. The molecule has 0 aliphatic rings. The van der Waals surface area contributed by atoms with E-state index in [1.807, 2.05) is 6.07 Å². The highest BCUT2D eigenvalue weighted by molar-refractivity contribution is 7.18. The quantitative estimate of drug-likeness (QED) is 0.718. The van der Waals surface area contributed by atoms with Crippen molar-refractivity contribution in [1.29, 1.82) is 0 Å². The predicted molar refractivity (Wildman–Crippen MR) is 82.0 cm³/mol. The average molecular weight is 278 g/mol. The van der Waals surface area contributed by atoms with E-state index in [1.165, 1.54) is 30.6 Å². The Balaban J connectivity index is 2.07. The van der Waals surface area contributed by atoms with E-state index in [4.69, 9.17) is 0 Å². The maximum absolute atomic E-state index is 12.3. The van der Waals surface area contributed by atoms with Crippen LogP contribution in [0.3, 0.4) is 0 Å². The van der Waals surface area contributed by atoms with Gasteiger partial charge in [-0.2, -0.15) is 0 Å². The number of hydrogen-bond acceptors (Lipinski definition) is 3. The van der Waals surface area contributed by atoms with E-state index in [-0.39, 0.29) is 5.56 Å². The second-order valence-corrected chi connectivity index (χ2v) is 6.06. The van der Waals surface area contributed by atoms with Gasteiger partial charge in [0.1, 0.15) is 4.83 Å². The summed E-state index contributed by atoms with van der Waals surface area (Å²) in [7, 11) is 0. The van der Waals surface area contributed by atoms with Crippen molar-refractivity contribution in [2.45, 2.75) is 58.9 Å². The van der Waals surface area contributed by atoms with Crippen LogP contribution in [-0.4, -0.2) is 9.55 Å². The van der Waals surface area contributed by atoms with Gasteiger partial charge < -0.3 is 0 Å². The molecule has 0 saturated carbocycles. The summed E-state index contributed by atoms with van der Waals surface area (Å²) in [5.74, 6) is 0. The van der Waals surface area contributed by atoms with Crippen molar-refractivity contribution in [3.05, 3.63) is 27.6 Å². The molecule has 0 atom stereocenters. The standard InChI is InChI=1S/C15H22N2OS/c1-3-5-6-7-8-9-17-11-16-14-13(15(17)18)10-12(4-2)19-14/h10-11H,3-9H2,1-2H3. The van der Waals surface area contributed by atoms with Gasteiger partial charge in [-0.05, 0) is 18.9 Å².